The molecule has 0 amide bonds. The van der Waals surface area contributed by atoms with E-state index in [9.17, 15) is 0 Å². The summed E-state index contributed by atoms with van der Waals surface area (Å²) in [6.07, 6.45) is 4.53. The molecule has 0 bridgehead atoms. The monoisotopic (exact) mass is 239 g/mol. The first-order valence-corrected chi connectivity index (χ1v) is 5.68. The fourth-order valence-corrected chi connectivity index (χ4v) is 2.66. The molecule has 1 atom stereocenters. The third-order valence-electron chi connectivity index (χ3n) is 3.04. The number of benzene rings is 1. The molecule has 3 nitrogen and oxygen atoms in total. The molecule has 0 aliphatic heterocycles. The van der Waals surface area contributed by atoms with Gasteiger partial charge in [0.15, 0.2) is 0 Å². The van der Waals surface area contributed by atoms with Crippen molar-refractivity contribution in [2.45, 2.75) is 25.2 Å². The molecule has 0 saturated heterocycles. The third kappa shape index (κ3) is 1.87. The Bertz CT molecular complexity index is 418. The zero-order chi connectivity index (χ0) is 11.5. The van der Waals surface area contributed by atoms with Crippen LogP contribution in [0.5, 0.6) is 5.75 Å². The van der Waals surface area contributed by atoms with Crippen molar-refractivity contribution in [3.8, 4) is 5.75 Å². The maximum Gasteiger partial charge on any atom is 0.122 e. The number of ether oxygens (including phenoxy) is 1. The summed E-state index contributed by atoms with van der Waals surface area (Å²) < 4.78 is 5.33. The molecule has 0 aromatic heterocycles. The van der Waals surface area contributed by atoms with Gasteiger partial charge in [0.05, 0.1) is 13.3 Å². The maximum atomic E-state index is 8.66. The topological polar surface area (TPSA) is 41.8 Å². The van der Waals surface area contributed by atoms with E-state index in [0.29, 0.717) is 0 Å². The van der Waals surface area contributed by atoms with Crippen LogP contribution < -0.4 is 4.74 Å². The molecule has 1 aliphatic rings. The molecule has 16 heavy (non-hydrogen) atoms. The number of fused-ring (bicyclic) bond motifs is 1. The molecule has 0 heterocycles. The summed E-state index contributed by atoms with van der Waals surface area (Å²) in [6.45, 7) is 0. The van der Waals surface area contributed by atoms with E-state index in [1.807, 2.05) is 12.1 Å². The maximum absolute atomic E-state index is 8.66. The number of oxime groups is 1. The minimum absolute atomic E-state index is 0.0938. The predicted molar refractivity (Wildman–Crippen MR) is 64.0 cm³/mol. The van der Waals surface area contributed by atoms with Crippen LogP contribution in [0.15, 0.2) is 17.3 Å². The summed E-state index contributed by atoms with van der Waals surface area (Å²) in [5.41, 5.74) is 2.19. The fraction of sp³-hybridized carbons (Fsp3) is 0.417. The van der Waals surface area contributed by atoms with Gasteiger partial charge < -0.3 is 9.94 Å². The third-order valence-corrected chi connectivity index (χ3v) is 3.37. The van der Waals surface area contributed by atoms with E-state index in [0.717, 1.165) is 41.2 Å². The Morgan fingerprint density at radius 1 is 1.56 bits per heavy atom. The Labute approximate surface area is 99.7 Å². The van der Waals surface area contributed by atoms with Gasteiger partial charge in [-0.25, -0.2) is 0 Å². The minimum atomic E-state index is 0.0938. The van der Waals surface area contributed by atoms with Crippen molar-refractivity contribution < 1.29 is 9.94 Å². The highest BCUT2D eigenvalue weighted by molar-refractivity contribution is 6.31. The summed E-state index contributed by atoms with van der Waals surface area (Å²) in [5.74, 6) is 0.965. The van der Waals surface area contributed by atoms with Crippen LogP contribution in [0.1, 0.15) is 29.9 Å². The first-order valence-electron chi connectivity index (χ1n) is 5.30. The number of halogens is 1. The van der Waals surface area contributed by atoms with E-state index >= 15 is 0 Å². The van der Waals surface area contributed by atoms with Gasteiger partial charge in [0.2, 0.25) is 0 Å². The Morgan fingerprint density at radius 2 is 2.38 bits per heavy atom. The van der Waals surface area contributed by atoms with Crippen LogP contribution in [0, 0.1) is 0 Å². The molecule has 1 aliphatic carbocycles. The van der Waals surface area contributed by atoms with Gasteiger partial charge in [0, 0.05) is 10.9 Å². The van der Waals surface area contributed by atoms with Gasteiger partial charge in [-0.05, 0) is 42.5 Å². The highest BCUT2D eigenvalue weighted by atomic mass is 35.5. The molecule has 0 radical (unpaired) electrons. The zero-order valence-corrected chi connectivity index (χ0v) is 9.87. The molecule has 2 rings (SSSR count). The molecule has 4 heteroatoms. The lowest BCUT2D eigenvalue weighted by atomic mass is 9.83. The number of nitrogens with zero attached hydrogens (tertiary/aromatic N) is 1. The number of hydrogen-bond donors (Lipinski definition) is 1. The lowest BCUT2D eigenvalue weighted by Gasteiger charge is -2.25. The average molecular weight is 240 g/mol. The van der Waals surface area contributed by atoms with Crippen LogP contribution in [-0.2, 0) is 6.42 Å². The smallest absolute Gasteiger partial charge is 0.122 e. The quantitative estimate of drug-likeness (QED) is 0.489. The van der Waals surface area contributed by atoms with E-state index in [4.69, 9.17) is 21.5 Å². The second-order valence-corrected chi connectivity index (χ2v) is 4.31. The van der Waals surface area contributed by atoms with Crippen molar-refractivity contribution in [3.05, 3.63) is 28.3 Å². The predicted octanol–water partition coefficient (Wildman–Crippen LogP) is 3.23. The molecule has 0 spiro atoms. The van der Waals surface area contributed by atoms with E-state index in [-0.39, 0.29) is 5.92 Å². The number of hydrogen-bond acceptors (Lipinski definition) is 3. The Kier molecular flexibility index (Phi) is 3.34. The van der Waals surface area contributed by atoms with Gasteiger partial charge in [-0.3, -0.25) is 0 Å². The van der Waals surface area contributed by atoms with Crippen LogP contribution in [0.2, 0.25) is 5.02 Å². The zero-order valence-electron chi connectivity index (χ0n) is 9.11. The SMILES string of the molecule is COc1ccc(Cl)c2c1CCCC2C=NO. The van der Waals surface area contributed by atoms with Gasteiger partial charge in [0.25, 0.3) is 0 Å². The van der Waals surface area contributed by atoms with Crippen molar-refractivity contribution in [2.24, 2.45) is 5.16 Å². The lowest BCUT2D eigenvalue weighted by Crippen LogP contribution is -2.13. The summed E-state index contributed by atoms with van der Waals surface area (Å²) in [6, 6.07) is 3.72. The number of methoxy groups -OCH3 is 1. The van der Waals surface area contributed by atoms with Gasteiger partial charge in [0.1, 0.15) is 5.75 Å². The molecular formula is C12H14ClNO2. The van der Waals surface area contributed by atoms with Gasteiger partial charge in [-0.1, -0.05) is 11.6 Å². The van der Waals surface area contributed by atoms with Crippen molar-refractivity contribution in [2.75, 3.05) is 7.11 Å². The van der Waals surface area contributed by atoms with Crippen molar-refractivity contribution in [1.82, 2.24) is 0 Å². The van der Waals surface area contributed by atoms with Crippen molar-refractivity contribution in [3.63, 3.8) is 0 Å². The highest BCUT2D eigenvalue weighted by Crippen LogP contribution is 2.40. The van der Waals surface area contributed by atoms with E-state index < -0.39 is 0 Å². The fourth-order valence-electron chi connectivity index (χ4n) is 2.34. The van der Waals surface area contributed by atoms with Crippen molar-refractivity contribution in [1.29, 1.82) is 0 Å². The normalized spacial score (nSPS) is 19.8. The Hall–Kier alpha value is -1.22. The van der Waals surface area contributed by atoms with Gasteiger partial charge in [-0.15, -0.1) is 5.16 Å². The van der Waals surface area contributed by atoms with E-state index in [2.05, 4.69) is 5.16 Å². The Morgan fingerprint density at radius 3 is 3.06 bits per heavy atom. The van der Waals surface area contributed by atoms with E-state index in [1.165, 1.54) is 0 Å². The summed E-state index contributed by atoms with van der Waals surface area (Å²) >= 11 is 6.20. The van der Waals surface area contributed by atoms with Crippen LogP contribution >= 0.6 is 11.6 Å². The summed E-state index contributed by atoms with van der Waals surface area (Å²) in [4.78, 5) is 0. The minimum Gasteiger partial charge on any atom is -0.496 e. The second kappa shape index (κ2) is 4.74. The number of rotatable bonds is 2. The molecule has 0 fully saturated rings. The molecule has 1 aromatic rings. The van der Waals surface area contributed by atoms with Crippen molar-refractivity contribution >= 4 is 17.8 Å². The first-order chi connectivity index (χ1) is 7.77. The molecular weight excluding hydrogens is 226 g/mol. The van der Waals surface area contributed by atoms with Crippen LogP contribution in [0.25, 0.3) is 0 Å². The molecule has 1 aromatic carbocycles. The van der Waals surface area contributed by atoms with Crippen LogP contribution in [-0.4, -0.2) is 18.5 Å². The molecule has 1 unspecified atom stereocenters. The average Bonchev–Trinajstić information content (AvgIpc) is 2.30. The summed E-state index contributed by atoms with van der Waals surface area (Å²) in [5, 5.41) is 12.5. The standard InChI is InChI=1S/C12H14ClNO2/c1-16-11-6-5-10(13)12-8(7-14-15)3-2-4-9(11)12/h5-8,15H,2-4H2,1H3. The second-order valence-electron chi connectivity index (χ2n) is 3.91. The largest absolute Gasteiger partial charge is 0.496 e. The highest BCUT2D eigenvalue weighted by Gasteiger charge is 2.24. The molecule has 86 valence electrons. The Balaban J connectivity index is 2.54. The lowest BCUT2D eigenvalue weighted by molar-refractivity contribution is 0.319. The molecule has 1 N–H and O–H groups in total. The van der Waals surface area contributed by atoms with Gasteiger partial charge in [-0.2, -0.15) is 0 Å². The van der Waals surface area contributed by atoms with Crippen LogP contribution in [0.4, 0.5) is 0 Å². The summed E-state index contributed by atoms with van der Waals surface area (Å²) in [7, 11) is 1.66. The van der Waals surface area contributed by atoms with Gasteiger partial charge >= 0.3 is 0 Å². The molecule has 0 saturated carbocycles. The van der Waals surface area contributed by atoms with E-state index in [1.54, 1.807) is 13.3 Å². The first kappa shape index (κ1) is 11.3. The van der Waals surface area contributed by atoms with Crippen LogP contribution in [0.3, 0.4) is 0 Å².